The van der Waals surface area contributed by atoms with Gasteiger partial charge >= 0.3 is 0 Å². The number of rotatable bonds is 3. The van der Waals surface area contributed by atoms with E-state index in [1.165, 1.54) is 36.8 Å². The molecule has 118 valence electrons. The first kappa shape index (κ1) is 14.4. The number of nitrogens with two attached hydrogens (primary N) is 1. The van der Waals surface area contributed by atoms with Gasteiger partial charge in [-0.2, -0.15) is 4.98 Å². The Bertz CT molecular complexity index is 823. The molecule has 3 N–H and O–H groups in total. The van der Waals surface area contributed by atoms with E-state index in [1.807, 2.05) is 17.8 Å². The average Bonchev–Trinajstić information content (AvgIpc) is 3.03. The summed E-state index contributed by atoms with van der Waals surface area (Å²) in [4.78, 5) is 13.0. The second-order valence-corrected chi connectivity index (χ2v) is 6.89. The van der Waals surface area contributed by atoms with E-state index in [0.29, 0.717) is 12.0 Å². The molecule has 0 saturated heterocycles. The maximum atomic E-state index is 5.81. The SMILES string of the molecule is Nc1ncc(-c2ccc3ncsc3c2)c(NC2CCCCC2)n1. The highest BCUT2D eigenvalue weighted by Gasteiger charge is 2.17. The van der Waals surface area contributed by atoms with E-state index in [-0.39, 0.29) is 0 Å². The van der Waals surface area contributed by atoms with Crippen molar-refractivity contribution in [2.75, 3.05) is 11.1 Å². The van der Waals surface area contributed by atoms with Crippen molar-refractivity contribution in [1.82, 2.24) is 15.0 Å². The van der Waals surface area contributed by atoms with Crippen LogP contribution in [0.5, 0.6) is 0 Å². The van der Waals surface area contributed by atoms with Crippen LogP contribution in [-0.2, 0) is 0 Å². The van der Waals surface area contributed by atoms with Gasteiger partial charge < -0.3 is 11.1 Å². The molecule has 0 bridgehead atoms. The molecule has 1 saturated carbocycles. The Morgan fingerprint density at radius 2 is 2.00 bits per heavy atom. The predicted octanol–water partition coefficient (Wildman–Crippen LogP) is 4.08. The van der Waals surface area contributed by atoms with Gasteiger partial charge in [0.05, 0.1) is 15.7 Å². The second-order valence-electron chi connectivity index (χ2n) is 6.00. The minimum Gasteiger partial charge on any atom is -0.368 e. The topological polar surface area (TPSA) is 76.7 Å². The lowest BCUT2D eigenvalue weighted by molar-refractivity contribution is 0.462. The zero-order valence-electron chi connectivity index (χ0n) is 12.8. The van der Waals surface area contributed by atoms with Crippen LogP contribution in [-0.4, -0.2) is 21.0 Å². The first-order chi connectivity index (χ1) is 11.3. The first-order valence-electron chi connectivity index (χ1n) is 8.02. The van der Waals surface area contributed by atoms with Crippen molar-refractivity contribution in [2.24, 2.45) is 0 Å². The molecule has 1 aliphatic carbocycles. The quantitative estimate of drug-likeness (QED) is 0.759. The van der Waals surface area contributed by atoms with Gasteiger partial charge in [-0.15, -0.1) is 11.3 Å². The van der Waals surface area contributed by atoms with Crippen LogP contribution in [0.1, 0.15) is 32.1 Å². The number of hydrogen-bond donors (Lipinski definition) is 2. The van der Waals surface area contributed by atoms with Crippen molar-refractivity contribution < 1.29 is 0 Å². The van der Waals surface area contributed by atoms with Gasteiger partial charge in [0.25, 0.3) is 0 Å². The Labute approximate surface area is 139 Å². The molecule has 0 spiro atoms. The summed E-state index contributed by atoms with van der Waals surface area (Å²) in [5.41, 5.74) is 10.8. The minimum atomic E-state index is 0.311. The van der Waals surface area contributed by atoms with Crippen LogP contribution in [0.2, 0.25) is 0 Å². The van der Waals surface area contributed by atoms with E-state index in [1.54, 1.807) is 11.3 Å². The molecule has 5 nitrogen and oxygen atoms in total. The van der Waals surface area contributed by atoms with Crippen LogP contribution in [0.3, 0.4) is 0 Å². The van der Waals surface area contributed by atoms with Gasteiger partial charge in [-0.05, 0) is 30.5 Å². The number of benzene rings is 1. The summed E-state index contributed by atoms with van der Waals surface area (Å²) in [7, 11) is 0. The Balaban J connectivity index is 1.71. The summed E-state index contributed by atoms with van der Waals surface area (Å²) >= 11 is 1.64. The zero-order valence-corrected chi connectivity index (χ0v) is 13.6. The molecular formula is C17H19N5S. The molecule has 0 amide bonds. The van der Waals surface area contributed by atoms with Crippen LogP contribution in [0, 0.1) is 0 Å². The Hall–Kier alpha value is -2.21. The fourth-order valence-electron chi connectivity index (χ4n) is 3.18. The number of nitrogen functional groups attached to an aromatic ring is 1. The predicted molar refractivity (Wildman–Crippen MR) is 95.6 cm³/mol. The number of thiazole rings is 1. The van der Waals surface area contributed by atoms with Crippen LogP contribution < -0.4 is 11.1 Å². The normalized spacial score (nSPS) is 15.8. The summed E-state index contributed by atoms with van der Waals surface area (Å²) < 4.78 is 1.17. The van der Waals surface area contributed by atoms with Crippen molar-refractivity contribution >= 4 is 33.3 Å². The largest absolute Gasteiger partial charge is 0.368 e. The number of nitrogens with one attached hydrogen (secondary N) is 1. The molecule has 4 rings (SSSR count). The highest BCUT2D eigenvalue weighted by atomic mass is 32.1. The van der Waals surface area contributed by atoms with Crippen molar-refractivity contribution in [2.45, 2.75) is 38.1 Å². The monoisotopic (exact) mass is 325 g/mol. The molecule has 0 aliphatic heterocycles. The first-order valence-corrected chi connectivity index (χ1v) is 8.90. The van der Waals surface area contributed by atoms with E-state index >= 15 is 0 Å². The molecule has 0 radical (unpaired) electrons. The summed E-state index contributed by atoms with van der Waals surface area (Å²) in [5, 5.41) is 3.59. The van der Waals surface area contributed by atoms with E-state index in [0.717, 1.165) is 22.5 Å². The molecule has 0 unspecified atom stereocenters. The smallest absolute Gasteiger partial charge is 0.221 e. The molecule has 6 heteroatoms. The molecular weight excluding hydrogens is 306 g/mol. The second kappa shape index (κ2) is 6.12. The summed E-state index contributed by atoms with van der Waals surface area (Å²) in [6, 6.07) is 6.74. The van der Waals surface area contributed by atoms with Crippen LogP contribution in [0.25, 0.3) is 21.3 Å². The Morgan fingerprint density at radius 1 is 1.13 bits per heavy atom. The van der Waals surface area contributed by atoms with E-state index in [9.17, 15) is 0 Å². The zero-order chi connectivity index (χ0) is 15.6. The number of fused-ring (bicyclic) bond motifs is 1. The maximum Gasteiger partial charge on any atom is 0.221 e. The summed E-state index contributed by atoms with van der Waals surface area (Å²) in [6.45, 7) is 0. The molecule has 2 aromatic heterocycles. The van der Waals surface area contributed by atoms with E-state index in [4.69, 9.17) is 5.73 Å². The van der Waals surface area contributed by atoms with Crippen molar-refractivity contribution in [3.8, 4) is 11.1 Å². The third kappa shape index (κ3) is 2.99. The third-order valence-corrected chi connectivity index (χ3v) is 5.19. The number of hydrogen-bond acceptors (Lipinski definition) is 6. The van der Waals surface area contributed by atoms with Gasteiger partial charge in [0.15, 0.2) is 0 Å². The molecule has 23 heavy (non-hydrogen) atoms. The lowest BCUT2D eigenvalue weighted by Gasteiger charge is -2.24. The molecule has 3 aromatic rings. The van der Waals surface area contributed by atoms with E-state index in [2.05, 4.69) is 32.4 Å². The van der Waals surface area contributed by atoms with Gasteiger partial charge in [-0.1, -0.05) is 25.3 Å². The number of nitrogens with zero attached hydrogens (tertiary/aromatic N) is 3. The molecule has 2 heterocycles. The molecule has 0 atom stereocenters. The summed E-state index contributed by atoms with van der Waals surface area (Å²) in [5.74, 6) is 1.15. The molecule has 1 aromatic carbocycles. The fraction of sp³-hybridized carbons (Fsp3) is 0.353. The molecule has 1 aliphatic rings. The lowest BCUT2D eigenvalue weighted by Crippen LogP contribution is -2.23. The minimum absolute atomic E-state index is 0.311. The van der Waals surface area contributed by atoms with Crippen LogP contribution >= 0.6 is 11.3 Å². The Morgan fingerprint density at radius 3 is 2.87 bits per heavy atom. The maximum absolute atomic E-state index is 5.81. The Kier molecular flexibility index (Phi) is 3.83. The number of anilines is 2. The van der Waals surface area contributed by atoms with E-state index < -0.39 is 0 Å². The van der Waals surface area contributed by atoms with Crippen molar-refractivity contribution in [3.63, 3.8) is 0 Å². The summed E-state index contributed by atoms with van der Waals surface area (Å²) in [6.07, 6.45) is 8.09. The highest BCUT2D eigenvalue weighted by molar-refractivity contribution is 7.16. The van der Waals surface area contributed by atoms with Crippen LogP contribution in [0.15, 0.2) is 29.9 Å². The van der Waals surface area contributed by atoms with Gasteiger partial charge in [0, 0.05) is 17.8 Å². The van der Waals surface area contributed by atoms with Gasteiger partial charge in [0.1, 0.15) is 5.82 Å². The van der Waals surface area contributed by atoms with Gasteiger partial charge in [0.2, 0.25) is 5.95 Å². The van der Waals surface area contributed by atoms with Crippen molar-refractivity contribution in [1.29, 1.82) is 0 Å². The van der Waals surface area contributed by atoms with Crippen LogP contribution in [0.4, 0.5) is 11.8 Å². The van der Waals surface area contributed by atoms with Crippen molar-refractivity contribution in [3.05, 3.63) is 29.9 Å². The third-order valence-electron chi connectivity index (χ3n) is 4.40. The number of aromatic nitrogens is 3. The fourth-order valence-corrected chi connectivity index (χ4v) is 3.90. The lowest BCUT2D eigenvalue weighted by atomic mass is 9.95. The standard InChI is InChI=1S/C17H19N5S/c18-17-19-9-13(11-6-7-14-15(8-11)23-10-20-14)16(22-17)21-12-4-2-1-3-5-12/h6-10,12H,1-5H2,(H3,18,19,21,22). The molecule has 1 fully saturated rings. The highest BCUT2D eigenvalue weighted by Crippen LogP contribution is 2.32. The van der Waals surface area contributed by atoms with Gasteiger partial charge in [-0.3, -0.25) is 0 Å². The average molecular weight is 325 g/mol. The van der Waals surface area contributed by atoms with Gasteiger partial charge in [-0.25, -0.2) is 9.97 Å².